The first-order valence-electron chi connectivity index (χ1n) is 10.3. The smallest absolute Gasteiger partial charge is 0.254 e. The summed E-state index contributed by atoms with van der Waals surface area (Å²) in [7, 11) is 0. The number of ketones is 1. The lowest BCUT2D eigenvalue weighted by atomic mass is 9.86. The number of hydrogen-bond donors (Lipinski definition) is 2. The molecule has 2 aromatic carbocycles. The normalized spacial score (nSPS) is 14.4. The molecule has 3 N–H and O–H groups in total. The Balaban J connectivity index is 1.58. The number of nitrogens with zero attached hydrogens (tertiary/aromatic N) is 2. The molecule has 1 aliphatic rings. The number of benzene rings is 2. The third-order valence-corrected chi connectivity index (χ3v) is 5.56. The van der Waals surface area contributed by atoms with Gasteiger partial charge in [-0.1, -0.05) is 30.3 Å². The second kappa shape index (κ2) is 9.04. The van der Waals surface area contributed by atoms with E-state index in [4.69, 9.17) is 5.73 Å². The fourth-order valence-corrected chi connectivity index (χ4v) is 3.78. The van der Waals surface area contributed by atoms with E-state index in [1.54, 1.807) is 6.20 Å². The zero-order valence-electron chi connectivity index (χ0n) is 17.0. The van der Waals surface area contributed by atoms with E-state index in [0.717, 1.165) is 24.1 Å². The highest BCUT2D eigenvalue weighted by molar-refractivity contribution is 5.96. The Morgan fingerprint density at radius 3 is 2.61 bits per heavy atom. The van der Waals surface area contributed by atoms with Crippen LogP contribution in [0.3, 0.4) is 0 Å². The molecule has 0 radical (unpaired) electrons. The maximum atomic E-state index is 14.4. The van der Waals surface area contributed by atoms with E-state index in [-0.39, 0.29) is 23.1 Å². The van der Waals surface area contributed by atoms with Crippen molar-refractivity contribution in [2.75, 3.05) is 5.73 Å². The Bertz CT molecular complexity index is 1110. The molecule has 4 rings (SSSR count). The highest BCUT2D eigenvalue weighted by atomic mass is 19.1. The van der Waals surface area contributed by atoms with Gasteiger partial charge in [-0.25, -0.2) is 14.4 Å². The summed E-state index contributed by atoms with van der Waals surface area (Å²) in [6.45, 7) is 0.293. The fourth-order valence-electron chi connectivity index (χ4n) is 3.78. The molecule has 0 bridgehead atoms. The number of amides is 1. The number of rotatable bonds is 5. The minimum absolute atomic E-state index is 0.0803. The Labute approximate surface area is 179 Å². The SMILES string of the molecule is Nc1ncc(C2CCC(=O)CC2)nc1-c1ccc(F)c(C(=O)NCc2ccccc2)c1. The lowest BCUT2D eigenvalue weighted by Gasteiger charge is -2.21. The summed E-state index contributed by atoms with van der Waals surface area (Å²) in [5.41, 5.74) is 8.58. The van der Waals surface area contributed by atoms with Gasteiger partial charge in [0.05, 0.1) is 17.5 Å². The largest absolute Gasteiger partial charge is 0.382 e. The molecule has 1 amide bonds. The highest BCUT2D eigenvalue weighted by Gasteiger charge is 2.23. The zero-order chi connectivity index (χ0) is 21.8. The molecule has 0 spiro atoms. The molecule has 1 heterocycles. The van der Waals surface area contributed by atoms with Gasteiger partial charge >= 0.3 is 0 Å². The van der Waals surface area contributed by atoms with Crippen LogP contribution in [0.25, 0.3) is 11.3 Å². The van der Waals surface area contributed by atoms with Crippen molar-refractivity contribution in [1.29, 1.82) is 0 Å². The molecular weight excluding hydrogens is 395 g/mol. The number of aromatic nitrogens is 2. The lowest BCUT2D eigenvalue weighted by molar-refractivity contribution is -0.120. The Hall–Kier alpha value is -3.61. The number of carbonyl (C=O) groups excluding carboxylic acids is 2. The van der Waals surface area contributed by atoms with Crippen LogP contribution in [0.2, 0.25) is 0 Å². The summed E-state index contributed by atoms with van der Waals surface area (Å²) in [6, 6.07) is 13.6. The Morgan fingerprint density at radius 2 is 1.87 bits per heavy atom. The second-order valence-corrected chi connectivity index (χ2v) is 7.70. The number of nitrogens with two attached hydrogens (primary N) is 1. The molecule has 1 aromatic heterocycles. The van der Waals surface area contributed by atoms with Crippen LogP contribution in [0.5, 0.6) is 0 Å². The van der Waals surface area contributed by atoms with Crippen molar-refractivity contribution >= 4 is 17.5 Å². The number of anilines is 1. The van der Waals surface area contributed by atoms with E-state index in [0.29, 0.717) is 30.6 Å². The maximum Gasteiger partial charge on any atom is 0.254 e. The fraction of sp³-hybridized carbons (Fsp3) is 0.250. The molecule has 7 heteroatoms. The van der Waals surface area contributed by atoms with Gasteiger partial charge in [0.1, 0.15) is 23.1 Å². The summed E-state index contributed by atoms with van der Waals surface area (Å²) in [4.78, 5) is 33.1. The molecular formula is C24H23FN4O2. The van der Waals surface area contributed by atoms with Crippen LogP contribution in [0.1, 0.15) is 53.2 Å². The molecule has 1 aliphatic carbocycles. The van der Waals surface area contributed by atoms with Crippen LogP contribution < -0.4 is 11.1 Å². The first-order chi connectivity index (χ1) is 15.0. The molecule has 158 valence electrons. The summed E-state index contributed by atoms with van der Waals surface area (Å²) < 4.78 is 14.4. The number of hydrogen-bond acceptors (Lipinski definition) is 5. The van der Waals surface area contributed by atoms with Gasteiger partial charge in [-0.3, -0.25) is 9.59 Å². The zero-order valence-corrected chi connectivity index (χ0v) is 17.0. The number of nitrogens with one attached hydrogen (secondary N) is 1. The van der Waals surface area contributed by atoms with Gasteiger partial charge in [-0.2, -0.15) is 0 Å². The average molecular weight is 418 g/mol. The molecule has 0 aliphatic heterocycles. The van der Waals surface area contributed by atoms with Gasteiger partial charge in [0.2, 0.25) is 0 Å². The van der Waals surface area contributed by atoms with Crippen molar-refractivity contribution in [3.8, 4) is 11.3 Å². The van der Waals surface area contributed by atoms with Crippen molar-refractivity contribution in [3.63, 3.8) is 0 Å². The molecule has 0 unspecified atom stereocenters. The van der Waals surface area contributed by atoms with E-state index in [1.165, 1.54) is 18.2 Å². The summed E-state index contributed by atoms with van der Waals surface area (Å²) in [5.74, 6) is -0.527. The van der Waals surface area contributed by atoms with Gasteiger partial charge in [0, 0.05) is 30.9 Å². The molecule has 3 aromatic rings. The third kappa shape index (κ3) is 4.77. The number of nitrogen functional groups attached to an aromatic ring is 1. The van der Waals surface area contributed by atoms with E-state index >= 15 is 0 Å². The van der Waals surface area contributed by atoms with Gasteiger partial charge < -0.3 is 11.1 Å². The monoisotopic (exact) mass is 418 g/mol. The topological polar surface area (TPSA) is 98.0 Å². The number of halogens is 1. The highest BCUT2D eigenvalue weighted by Crippen LogP contribution is 2.32. The minimum Gasteiger partial charge on any atom is -0.382 e. The van der Waals surface area contributed by atoms with Crippen LogP contribution in [0, 0.1) is 5.82 Å². The van der Waals surface area contributed by atoms with Crippen LogP contribution in [-0.4, -0.2) is 21.7 Å². The summed E-state index contributed by atoms with van der Waals surface area (Å²) in [5, 5.41) is 2.74. The van der Waals surface area contributed by atoms with E-state index in [2.05, 4.69) is 15.3 Å². The van der Waals surface area contributed by atoms with Crippen LogP contribution in [-0.2, 0) is 11.3 Å². The maximum absolute atomic E-state index is 14.4. The van der Waals surface area contributed by atoms with Crippen LogP contribution in [0.15, 0.2) is 54.7 Å². The van der Waals surface area contributed by atoms with Gasteiger partial charge in [0.15, 0.2) is 0 Å². The Kier molecular flexibility index (Phi) is 6.02. The second-order valence-electron chi connectivity index (χ2n) is 7.70. The van der Waals surface area contributed by atoms with Crippen molar-refractivity contribution in [2.45, 2.75) is 38.1 Å². The summed E-state index contributed by atoms with van der Waals surface area (Å²) >= 11 is 0. The summed E-state index contributed by atoms with van der Waals surface area (Å²) in [6.07, 6.45) is 4.17. The van der Waals surface area contributed by atoms with Crippen molar-refractivity contribution in [1.82, 2.24) is 15.3 Å². The van der Waals surface area contributed by atoms with E-state index in [1.807, 2.05) is 30.3 Å². The third-order valence-electron chi connectivity index (χ3n) is 5.56. The number of Topliss-reactive ketones (excluding diaryl/α,β-unsaturated/α-hetero) is 1. The van der Waals surface area contributed by atoms with E-state index < -0.39 is 11.7 Å². The van der Waals surface area contributed by atoms with E-state index in [9.17, 15) is 14.0 Å². The molecule has 6 nitrogen and oxygen atoms in total. The van der Waals surface area contributed by atoms with Crippen molar-refractivity contribution < 1.29 is 14.0 Å². The van der Waals surface area contributed by atoms with Crippen LogP contribution >= 0.6 is 0 Å². The van der Waals surface area contributed by atoms with Gasteiger partial charge in [-0.15, -0.1) is 0 Å². The lowest BCUT2D eigenvalue weighted by Crippen LogP contribution is -2.24. The molecule has 1 saturated carbocycles. The minimum atomic E-state index is -0.622. The van der Waals surface area contributed by atoms with Gasteiger partial charge in [-0.05, 0) is 36.6 Å². The molecule has 1 fully saturated rings. The predicted molar refractivity (Wildman–Crippen MR) is 116 cm³/mol. The molecule has 0 atom stereocenters. The van der Waals surface area contributed by atoms with Crippen LogP contribution in [0.4, 0.5) is 10.2 Å². The standard InChI is InChI=1S/C24H23FN4O2/c25-20-11-8-17(12-19(20)24(31)28-13-15-4-2-1-3-5-15)22-23(26)27-14-21(29-22)16-6-9-18(30)10-7-16/h1-5,8,11-12,14,16H,6-7,9-10,13H2,(H2,26,27)(H,28,31). The number of carbonyl (C=O) groups is 2. The molecule has 0 saturated heterocycles. The van der Waals surface area contributed by atoms with Gasteiger partial charge in [0.25, 0.3) is 5.91 Å². The Morgan fingerprint density at radius 1 is 1.13 bits per heavy atom. The van der Waals surface area contributed by atoms with Crippen molar-refractivity contribution in [3.05, 3.63) is 77.4 Å². The van der Waals surface area contributed by atoms with Crippen molar-refractivity contribution in [2.24, 2.45) is 0 Å². The quantitative estimate of drug-likeness (QED) is 0.652. The first-order valence-corrected chi connectivity index (χ1v) is 10.3. The predicted octanol–water partition coefficient (Wildman–Crippen LogP) is 4.02. The molecule has 31 heavy (non-hydrogen) atoms. The first kappa shape index (κ1) is 20.7. The average Bonchev–Trinajstić information content (AvgIpc) is 2.79.